The molecule has 0 saturated carbocycles. The Morgan fingerprint density at radius 2 is 1.60 bits per heavy atom. The molecule has 10 nitrogen and oxygen atoms in total. The van der Waals surface area contributed by atoms with E-state index in [4.69, 9.17) is 9.47 Å². The van der Waals surface area contributed by atoms with Crippen molar-refractivity contribution in [1.29, 1.82) is 0 Å². The predicted octanol–water partition coefficient (Wildman–Crippen LogP) is 4.40. The van der Waals surface area contributed by atoms with Gasteiger partial charge in [-0.1, -0.05) is 30.3 Å². The van der Waals surface area contributed by atoms with E-state index in [0.29, 0.717) is 29.7 Å². The second kappa shape index (κ2) is 10.7. The lowest BCUT2D eigenvalue weighted by molar-refractivity contribution is 0.00690. The molecule has 40 heavy (non-hydrogen) atoms. The van der Waals surface area contributed by atoms with E-state index in [1.807, 2.05) is 0 Å². The number of benzene rings is 2. The Bertz CT molecular complexity index is 1490. The van der Waals surface area contributed by atoms with E-state index >= 15 is 0 Å². The number of amides is 3. The molecule has 5 rings (SSSR count). The van der Waals surface area contributed by atoms with E-state index in [9.17, 15) is 24.0 Å². The number of imide groups is 1. The van der Waals surface area contributed by atoms with Gasteiger partial charge in [-0.3, -0.25) is 19.8 Å². The van der Waals surface area contributed by atoms with E-state index < -0.39 is 23.6 Å². The number of nitrogens with one attached hydrogen (secondary N) is 2. The molecule has 2 aliphatic rings. The zero-order valence-electron chi connectivity index (χ0n) is 22.1. The summed E-state index contributed by atoms with van der Waals surface area (Å²) in [7, 11) is 0. The molecule has 3 aromatic rings. The van der Waals surface area contributed by atoms with Crippen molar-refractivity contribution >= 4 is 46.2 Å². The van der Waals surface area contributed by atoms with Crippen molar-refractivity contribution in [3.63, 3.8) is 0 Å². The number of hydrogen-bond donors (Lipinski definition) is 2. The van der Waals surface area contributed by atoms with Crippen LogP contribution in [0.3, 0.4) is 0 Å². The Kier molecular flexibility index (Phi) is 7.26. The molecule has 0 radical (unpaired) electrons. The fourth-order valence-electron chi connectivity index (χ4n) is 4.65. The van der Waals surface area contributed by atoms with Gasteiger partial charge < -0.3 is 14.8 Å². The van der Waals surface area contributed by atoms with Crippen LogP contribution in [0.5, 0.6) is 0 Å². The van der Waals surface area contributed by atoms with E-state index in [-0.39, 0.29) is 40.5 Å². The van der Waals surface area contributed by atoms with Crippen LogP contribution in [0.1, 0.15) is 72.6 Å². The van der Waals surface area contributed by atoms with Crippen LogP contribution in [0.15, 0.2) is 54.6 Å². The maximum Gasteiger partial charge on any atom is 0.420 e. The van der Waals surface area contributed by atoms with Crippen LogP contribution < -0.4 is 10.6 Å². The number of thiophene rings is 1. The van der Waals surface area contributed by atoms with Crippen LogP contribution in [0.25, 0.3) is 0 Å². The number of fused-ring (bicyclic) bond motifs is 2. The smallest absolute Gasteiger partial charge is 0.420 e. The summed E-state index contributed by atoms with van der Waals surface area (Å²) in [6.45, 7) is 5.64. The highest BCUT2D eigenvalue weighted by Crippen LogP contribution is 2.38. The minimum atomic E-state index is -1.03. The van der Waals surface area contributed by atoms with Gasteiger partial charge in [-0.2, -0.15) is 0 Å². The van der Waals surface area contributed by atoms with Crippen molar-refractivity contribution in [2.75, 3.05) is 11.9 Å². The molecular weight excluding hydrogens is 534 g/mol. The lowest BCUT2D eigenvalue weighted by Crippen LogP contribution is -2.46. The quantitative estimate of drug-likeness (QED) is 0.266. The van der Waals surface area contributed by atoms with Gasteiger partial charge in [0.1, 0.15) is 10.6 Å². The molecule has 2 aromatic carbocycles. The van der Waals surface area contributed by atoms with Crippen LogP contribution in [-0.2, 0) is 22.4 Å². The van der Waals surface area contributed by atoms with Gasteiger partial charge in [-0.05, 0) is 57.0 Å². The van der Waals surface area contributed by atoms with E-state index in [0.717, 1.165) is 4.88 Å². The van der Waals surface area contributed by atoms with Gasteiger partial charge in [0.2, 0.25) is 0 Å². The lowest BCUT2D eigenvalue weighted by Gasteiger charge is -2.28. The third kappa shape index (κ3) is 5.51. The molecule has 11 heteroatoms. The summed E-state index contributed by atoms with van der Waals surface area (Å²) in [5.74, 6) is -2.20. The highest BCUT2D eigenvalue weighted by atomic mass is 32.1. The second-order valence-electron chi connectivity index (χ2n) is 10.4. The van der Waals surface area contributed by atoms with Crippen molar-refractivity contribution in [3.8, 4) is 0 Å². The van der Waals surface area contributed by atoms with Gasteiger partial charge in [-0.15, -0.1) is 11.3 Å². The molecule has 0 unspecified atom stereocenters. The Labute approximate surface area is 234 Å². The van der Waals surface area contributed by atoms with Crippen molar-refractivity contribution < 1.29 is 33.4 Å². The Hall–Kier alpha value is -4.35. The van der Waals surface area contributed by atoms with E-state index in [2.05, 4.69) is 10.6 Å². The molecule has 206 valence electrons. The molecular formula is C29H27N3O7S. The Morgan fingerprint density at radius 3 is 2.23 bits per heavy atom. The summed E-state index contributed by atoms with van der Waals surface area (Å²) in [4.78, 5) is 66.1. The van der Waals surface area contributed by atoms with Gasteiger partial charge in [-0.25, -0.2) is 14.4 Å². The molecule has 3 heterocycles. The fraction of sp³-hybridized carbons (Fsp3) is 0.276. The second-order valence-corrected chi connectivity index (χ2v) is 11.5. The van der Waals surface area contributed by atoms with Gasteiger partial charge >= 0.3 is 18.0 Å². The van der Waals surface area contributed by atoms with Crippen LogP contribution in [-0.4, -0.2) is 52.9 Å². The highest BCUT2D eigenvalue weighted by Gasteiger charge is 2.38. The topological polar surface area (TPSA) is 131 Å². The molecule has 3 amide bonds. The number of carbonyl (C=O) groups is 5. The Balaban J connectivity index is 1.37. The molecule has 1 atom stereocenters. The first kappa shape index (κ1) is 27.2. The minimum absolute atomic E-state index is 0.103. The maximum atomic E-state index is 13.3. The van der Waals surface area contributed by atoms with E-state index in [1.165, 1.54) is 28.4 Å². The number of ether oxygens (including phenoxy) is 2. The average Bonchev–Trinajstić information content (AvgIpc) is 3.38. The van der Waals surface area contributed by atoms with Crippen LogP contribution in [0, 0.1) is 0 Å². The van der Waals surface area contributed by atoms with Crippen LogP contribution in [0.4, 0.5) is 9.80 Å². The van der Waals surface area contributed by atoms with Crippen LogP contribution in [0.2, 0.25) is 0 Å². The monoisotopic (exact) mass is 561 g/mol. The first-order chi connectivity index (χ1) is 19.0. The van der Waals surface area contributed by atoms with Crippen molar-refractivity contribution in [1.82, 2.24) is 10.2 Å². The van der Waals surface area contributed by atoms with Gasteiger partial charge in [0.05, 0.1) is 22.3 Å². The maximum absolute atomic E-state index is 13.3. The normalized spacial score (nSPS) is 16.3. The standard InChI is InChI=1S/C29H27N3O7S/c1-29(2,3)39-27(36)22-20-13-17(15-32-24(33)18-11-7-8-12-19(18)25(32)34)30-14-21(20)40-23(22)31-28(37)38-26(35)16-9-5-4-6-10-16/h4-12,17,30H,13-15H2,1-3H3,(H,31,37)/t17-/m0/s1. The predicted molar refractivity (Wildman–Crippen MR) is 147 cm³/mol. The summed E-state index contributed by atoms with van der Waals surface area (Å²) in [6, 6.07) is 14.4. The first-order valence-electron chi connectivity index (χ1n) is 12.7. The third-order valence-corrected chi connectivity index (χ3v) is 7.53. The SMILES string of the molecule is CC(C)(C)OC(=O)c1c(NC(=O)OC(=O)c2ccccc2)sc2c1C[C@@H](CN1C(=O)c3ccccc3C1=O)NC2. The minimum Gasteiger partial charge on any atom is -0.456 e. The summed E-state index contributed by atoms with van der Waals surface area (Å²) in [5.41, 5.74) is 0.931. The number of carbonyl (C=O) groups excluding carboxylic acids is 5. The average molecular weight is 562 g/mol. The van der Waals surface area contributed by atoms with Gasteiger partial charge in [0, 0.05) is 24.0 Å². The van der Waals surface area contributed by atoms with Crippen molar-refractivity contribution in [3.05, 3.63) is 87.3 Å². The lowest BCUT2D eigenvalue weighted by atomic mass is 9.97. The number of rotatable bonds is 5. The Morgan fingerprint density at radius 1 is 0.975 bits per heavy atom. The molecule has 0 aliphatic carbocycles. The van der Waals surface area contributed by atoms with E-state index in [1.54, 1.807) is 63.2 Å². The highest BCUT2D eigenvalue weighted by molar-refractivity contribution is 7.17. The molecule has 0 bridgehead atoms. The number of anilines is 1. The number of nitrogens with zero attached hydrogens (tertiary/aromatic N) is 1. The molecule has 2 N–H and O–H groups in total. The largest absolute Gasteiger partial charge is 0.456 e. The zero-order chi connectivity index (χ0) is 28.6. The fourth-order valence-corrected chi connectivity index (χ4v) is 5.80. The zero-order valence-corrected chi connectivity index (χ0v) is 22.9. The number of hydrogen-bond acceptors (Lipinski definition) is 9. The molecule has 1 aromatic heterocycles. The first-order valence-corrected chi connectivity index (χ1v) is 13.5. The van der Waals surface area contributed by atoms with Gasteiger partial charge in [0.25, 0.3) is 11.8 Å². The molecule has 0 saturated heterocycles. The summed E-state index contributed by atoms with van der Waals surface area (Å²) < 4.78 is 10.6. The van der Waals surface area contributed by atoms with Crippen LogP contribution >= 0.6 is 11.3 Å². The summed E-state index contributed by atoms with van der Waals surface area (Å²) in [6.07, 6.45) is -0.735. The summed E-state index contributed by atoms with van der Waals surface area (Å²) >= 11 is 1.17. The summed E-state index contributed by atoms with van der Waals surface area (Å²) in [5, 5.41) is 6.05. The molecule has 0 fully saturated rings. The number of esters is 2. The van der Waals surface area contributed by atoms with Crippen molar-refractivity contribution in [2.45, 2.75) is 45.4 Å². The molecule has 0 spiro atoms. The van der Waals surface area contributed by atoms with Crippen molar-refractivity contribution in [2.24, 2.45) is 0 Å². The van der Waals surface area contributed by atoms with Gasteiger partial charge in [0.15, 0.2) is 0 Å². The third-order valence-electron chi connectivity index (χ3n) is 6.39. The molecule has 2 aliphatic heterocycles.